The van der Waals surface area contributed by atoms with E-state index in [1.54, 1.807) is 12.1 Å². The number of phenols is 1. The first-order valence-electron chi connectivity index (χ1n) is 13.2. The molecule has 5 rings (SSSR count). The molecule has 2 fully saturated rings. The third-order valence-electron chi connectivity index (χ3n) is 6.84. The molecule has 1 saturated carbocycles. The van der Waals surface area contributed by atoms with E-state index < -0.39 is 35.0 Å². The van der Waals surface area contributed by atoms with Gasteiger partial charge in [-0.25, -0.2) is 14.2 Å². The Labute approximate surface area is 237 Å². The largest absolute Gasteiger partial charge is 0.507 e. The van der Waals surface area contributed by atoms with Crippen molar-refractivity contribution in [2.45, 2.75) is 50.2 Å². The number of aromatic nitrogens is 3. The number of hydrogen-bond acceptors (Lipinski definition) is 10. The summed E-state index contributed by atoms with van der Waals surface area (Å²) < 4.78 is 70.2. The zero-order chi connectivity index (χ0) is 29.9. The normalized spacial score (nSPS) is 19.7. The van der Waals surface area contributed by atoms with Crippen LogP contribution in [0.15, 0.2) is 42.6 Å². The number of halogens is 4. The second-order valence-electron chi connectivity index (χ2n) is 9.90. The Kier molecular flexibility index (Phi) is 8.54. The van der Waals surface area contributed by atoms with E-state index in [2.05, 4.69) is 25.2 Å². The molecule has 10 nitrogen and oxygen atoms in total. The SMILES string of the molecule is Nc1nnc(-c2c(O)cccc2OC(=O)C(F)(F)F)cc1/C(F)=C/c1ccnc(OC2CC(OC3CCNCC3)C2)c1. The average Bonchev–Trinajstić information content (AvgIpc) is 2.93. The van der Waals surface area contributed by atoms with E-state index in [0.717, 1.165) is 69.1 Å². The van der Waals surface area contributed by atoms with Crippen molar-refractivity contribution in [2.24, 2.45) is 0 Å². The number of nitrogens with two attached hydrogens (primary N) is 1. The molecule has 42 heavy (non-hydrogen) atoms. The van der Waals surface area contributed by atoms with E-state index >= 15 is 4.39 Å². The molecule has 222 valence electrons. The number of phenolic OH excluding ortho intramolecular Hbond substituents is 1. The third-order valence-corrected chi connectivity index (χ3v) is 6.84. The molecule has 2 aromatic heterocycles. The molecule has 0 spiro atoms. The number of rotatable bonds is 8. The molecule has 0 radical (unpaired) electrons. The molecule has 2 aliphatic rings. The van der Waals surface area contributed by atoms with Crippen molar-refractivity contribution in [3.8, 4) is 28.6 Å². The number of alkyl halides is 3. The monoisotopic (exact) mass is 589 g/mol. The summed E-state index contributed by atoms with van der Waals surface area (Å²) in [5.74, 6) is -4.62. The maximum atomic E-state index is 15.4. The van der Waals surface area contributed by atoms with Crippen LogP contribution in [0.5, 0.6) is 17.4 Å². The predicted molar refractivity (Wildman–Crippen MR) is 143 cm³/mol. The van der Waals surface area contributed by atoms with Gasteiger partial charge in [-0.05, 0) is 61.8 Å². The summed E-state index contributed by atoms with van der Waals surface area (Å²) in [6.07, 6.45) is 1.07. The van der Waals surface area contributed by atoms with Gasteiger partial charge in [0, 0.05) is 25.1 Å². The zero-order valence-electron chi connectivity index (χ0n) is 22.1. The molecule has 1 aromatic carbocycles. The Morgan fingerprint density at radius 2 is 1.83 bits per heavy atom. The van der Waals surface area contributed by atoms with E-state index in [4.69, 9.17) is 15.2 Å². The molecule has 1 saturated heterocycles. The Morgan fingerprint density at radius 3 is 2.57 bits per heavy atom. The van der Waals surface area contributed by atoms with Gasteiger partial charge < -0.3 is 30.4 Å². The summed E-state index contributed by atoms with van der Waals surface area (Å²) in [6, 6.07) is 7.48. The van der Waals surface area contributed by atoms with Crippen LogP contribution in [0.25, 0.3) is 23.2 Å². The molecule has 0 atom stereocenters. The van der Waals surface area contributed by atoms with Crippen molar-refractivity contribution in [1.82, 2.24) is 20.5 Å². The molecule has 3 heterocycles. The standard InChI is InChI=1S/C28H27F4N5O5/c29-20(10-15-4-9-35-24(11-15)41-18-12-17(13-18)40-16-5-7-34-8-6-16)19-14-21(36-37-26(19)33)25-22(38)2-1-3-23(25)42-27(39)28(30,31)32/h1-4,9-11,14,16-18,34,38H,5-8,12-13H2,(H2,33,37)/b20-10-. The Morgan fingerprint density at radius 1 is 1.07 bits per heavy atom. The van der Waals surface area contributed by atoms with Crippen LogP contribution in [0, 0.1) is 0 Å². The summed E-state index contributed by atoms with van der Waals surface area (Å²) in [5, 5.41) is 21.0. The van der Waals surface area contributed by atoms with E-state index in [9.17, 15) is 23.1 Å². The minimum atomic E-state index is -5.29. The van der Waals surface area contributed by atoms with Gasteiger partial charge in [0.25, 0.3) is 0 Å². The number of nitrogens with zero attached hydrogens (tertiary/aromatic N) is 3. The van der Waals surface area contributed by atoms with E-state index in [1.807, 2.05) is 0 Å². The number of anilines is 1. The van der Waals surface area contributed by atoms with Crippen LogP contribution in [0.1, 0.15) is 36.8 Å². The number of piperidine rings is 1. The second kappa shape index (κ2) is 12.3. The van der Waals surface area contributed by atoms with Gasteiger partial charge in [0.2, 0.25) is 5.88 Å². The fourth-order valence-corrected chi connectivity index (χ4v) is 4.64. The molecule has 14 heteroatoms. The number of aromatic hydroxyl groups is 1. The lowest BCUT2D eigenvalue weighted by atomic mass is 9.91. The van der Waals surface area contributed by atoms with Crippen molar-refractivity contribution in [1.29, 1.82) is 0 Å². The molecule has 1 aliphatic carbocycles. The Balaban J connectivity index is 1.30. The minimum Gasteiger partial charge on any atom is -0.507 e. The van der Waals surface area contributed by atoms with E-state index in [-0.39, 0.29) is 35.4 Å². The first-order valence-corrected chi connectivity index (χ1v) is 13.2. The second-order valence-corrected chi connectivity index (χ2v) is 9.90. The van der Waals surface area contributed by atoms with Gasteiger partial charge in [-0.2, -0.15) is 13.2 Å². The van der Waals surface area contributed by atoms with Crippen LogP contribution in [0.4, 0.5) is 23.4 Å². The lowest BCUT2D eigenvalue weighted by Gasteiger charge is -2.38. The maximum absolute atomic E-state index is 15.4. The number of hydrogen-bond donors (Lipinski definition) is 3. The molecule has 1 aliphatic heterocycles. The molecule has 0 unspecified atom stereocenters. The Hall–Kier alpha value is -4.30. The van der Waals surface area contributed by atoms with Gasteiger partial charge in [0.1, 0.15) is 29.1 Å². The number of nitrogens with one attached hydrogen (secondary N) is 1. The highest BCUT2D eigenvalue weighted by atomic mass is 19.4. The van der Waals surface area contributed by atoms with Gasteiger partial charge >= 0.3 is 12.1 Å². The first-order chi connectivity index (χ1) is 20.1. The summed E-state index contributed by atoms with van der Waals surface area (Å²) in [4.78, 5) is 15.6. The van der Waals surface area contributed by atoms with Crippen molar-refractivity contribution in [3.63, 3.8) is 0 Å². The highest BCUT2D eigenvalue weighted by Crippen LogP contribution is 2.39. The lowest BCUT2D eigenvalue weighted by Crippen LogP contribution is -2.43. The number of pyridine rings is 1. The van der Waals surface area contributed by atoms with Crippen LogP contribution in [0.3, 0.4) is 0 Å². The van der Waals surface area contributed by atoms with Gasteiger partial charge in [0.05, 0.1) is 23.3 Å². The number of carbonyl (C=O) groups excluding carboxylic acids is 1. The molecule has 0 amide bonds. The van der Waals surface area contributed by atoms with Gasteiger partial charge in [-0.1, -0.05) is 6.07 Å². The van der Waals surface area contributed by atoms with Crippen molar-refractivity contribution in [2.75, 3.05) is 18.8 Å². The smallest absolute Gasteiger partial charge is 0.491 e. The Bertz CT molecular complexity index is 1470. The van der Waals surface area contributed by atoms with Crippen LogP contribution in [-0.2, 0) is 9.53 Å². The topological polar surface area (TPSA) is 142 Å². The summed E-state index contributed by atoms with van der Waals surface area (Å²) >= 11 is 0. The maximum Gasteiger partial charge on any atom is 0.491 e. The van der Waals surface area contributed by atoms with Crippen LogP contribution in [0.2, 0.25) is 0 Å². The van der Waals surface area contributed by atoms with Crippen molar-refractivity contribution >= 4 is 23.7 Å². The molecule has 4 N–H and O–H groups in total. The quantitative estimate of drug-likeness (QED) is 0.196. The highest BCUT2D eigenvalue weighted by Gasteiger charge is 2.42. The molecule has 3 aromatic rings. The van der Waals surface area contributed by atoms with Crippen LogP contribution >= 0.6 is 0 Å². The number of benzene rings is 1. The minimum absolute atomic E-state index is 0.0740. The van der Waals surface area contributed by atoms with Gasteiger partial charge in [-0.3, -0.25) is 0 Å². The predicted octanol–water partition coefficient (Wildman–Crippen LogP) is 4.44. The fourth-order valence-electron chi connectivity index (χ4n) is 4.64. The van der Waals surface area contributed by atoms with E-state index in [1.165, 1.54) is 6.20 Å². The molecule has 0 bridgehead atoms. The zero-order valence-corrected chi connectivity index (χ0v) is 22.1. The number of esters is 1. The lowest BCUT2D eigenvalue weighted by molar-refractivity contribution is -0.189. The molecular formula is C28H27F4N5O5. The highest BCUT2D eigenvalue weighted by molar-refractivity contribution is 5.86. The van der Waals surface area contributed by atoms with Crippen LogP contribution in [-0.4, -0.2) is 63.8 Å². The summed E-state index contributed by atoms with van der Waals surface area (Å²) in [6.45, 7) is 1.90. The first kappa shape index (κ1) is 29.2. The number of ether oxygens (including phenoxy) is 3. The van der Waals surface area contributed by atoms with Crippen molar-refractivity contribution in [3.05, 3.63) is 53.7 Å². The number of nitrogen functional groups attached to an aromatic ring is 1. The average molecular weight is 590 g/mol. The third kappa shape index (κ3) is 6.94. The van der Waals surface area contributed by atoms with Crippen molar-refractivity contribution < 1.29 is 41.7 Å². The molecular weight excluding hydrogens is 562 g/mol. The van der Waals surface area contributed by atoms with Gasteiger partial charge in [0.15, 0.2) is 5.82 Å². The summed E-state index contributed by atoms with van der Waals surface area (Å²) in [5.41, 5.74) is 5.28. The van der Waals surface area contributed by atoms with Crippen LogP contribution < -0.4 is 20.5 Å². The fraction of sp³-hybridized carbons (Fsp3) is 0.357. The van der Waals surface area contributed by atoms with Gasteiger partial charge in [-0.15, -0.1) is 10.2 Å². The van der Waals surface area contributed by atoms with E-state index in [0.29, 0.717) is 11.4 Å². The summed E-state index contributed by atoms with van der Waals surface area (Å²) in [7, 11) is 0. The number of carbonyl (C=O) groups is 1.